The predicted molar refractivity (Wildman–Crippen MR) is 65.8 cm³/mol. The van der Waals surface area contributed by atoms with Crippen molar-refractivity contribution in [1.29, 1.82) is 0 Å². The summed E-state index contributed by atoms with van der Waals surface area (Å²) in [6, 6.07) is 10.6. The van der Waals surface area contributed by atoms with Crippen molar-refractivity contribution in [3.05, 3.63) is 58.4 Å². The minimum absolute atomic E-state index is 0.0988. The number of aromatic nitrogens is 1. The number of aryl methyl sites for hydroxylation is 1. The molecule has 0 unspecified atom stereocenters. The van der Waals surface area contributed by atoms with Gasteiger partial charge in [-0.2, -0.15) is 0 Å². The van der Waals surface area contributed by atoms with Gasteiger partial charge in [-0.15, -0.1) is 0 Å². The van der Waals surface area contributed by atoms with E-state index >= 15 is 0 Å². The van der Waals surface area contributed by atoms with E-state index in [0.717, 1.165) is 5.69 Å². The second-order valence-electron chi connectivity index (χ2n) is 3.74. The predicted octanol–water partition coefficient (Wildman–Crippen LogP) is 2.55. The molecule has 5 nitrogen and oxygen atoms in total. The van der Waals surface area contributed by atoms with Crippen LogP contribution in [0.5, 0.6) is 0 Å². The van der Waals surface area contributed by atoms with E-state index in [1.165, 1.54) is 6.07 Å². The summed E-state index contributed by atoms with van der Waals surface area (Å²) in [6.45, 7) is 0.564. The van der Waals surface area contributed by atoms with Crippen LogP contribution in [0, 0.1) is 10.1 Å². The molecule has 0 radical (unpaired) electrons. The fourth-order valence-electron chi connectivity index (χ4n) is 1.65. The normalized spacial score (nSPS) is 10.2. The summed E-state index contributed by atoms with van der Waals surface area (Å²) in [5.41, 5.74) is 1.71. The zero-order valence-electron chi connectivity index (χ0n) is 9.46. The Hall–Kier alpha value is -2.30. The third kappa shape index (κ3) is 2.44. The molecule has 1 heterocycles. The number of para-hydroxylation sites is 2. The third-order valence-electron chi connectivity index (χ3n) is 2.61. The Morgan fingerprint density at radius 2 is 2.06 bits per heavy atom. The van der Waals surface area contributed by atoms with Crippen LogP contribution in [0.2, 0.25) is 0 Å². The van der Waals surface area contributed by atoms with Crippen molar-refractivity contribution < 1.29 is 4.92 Å². The molecule has 0 aliphatic heterocycles. The highest BCUT2D eigenvalue weighted by Crippen LogP contribution is 2.23. The van der Waals surface area contributed by atoms with Crippen molar-refractivity contribution in [3.63, 3.8) is 0 Å². The van der Waals surface area contributed by atoms with Crippen LogP contribution in [0.1, 0.15) is 5.69 Å². The Labute approximate surface area is 98.8 Å². The molecule has 88 valence electrons. The minimum atomic E-state index is -0.382. The number of nitrogens with one attached hydrogen (secondary N) is 1. The lowest BCUT2D eigenvalue weighted by Crippen LogP contribution is -2.05. The number of anilines is 1. The molecule has 1 N–H and O–H groups in total. The largest absolute Gasteiger partial charge is 0.374 e. The summed E-state index contributed by atoms with van der Waals surface area (Å²) < 4.78 is 1.97. The maximum absolute atomic E-state index is 10.8. The Morgan fingerprint density at radius 1 is 1.29 bits per heavy atom. The average Bonchev–Trinajstić information content (AvgIpc) is 2.72. The average molecular weight is 231 g/mol. The van der Waals surface area contributed by atoms with E-state index < -0.39 is 0 Å². The Kier molecular flexibility index (Phi) is 3.09. The molecule has 0 bridgehead atoms. The number of nitro groups is 1. The molecule has 0 aliphatic rings. The smallest absolute Gasteiger partial charge is 0.292 e. The van der Waals surface area contributed by atoms with Crippen LogP contribution in [0.3, 0.4) is 0 Å². The van der Waals surface area contributed by atoms with Crippen LogP contribution in [0.4, 0.5) is 11.4 Å². The van der Waals surface area contributed by atoms with Gasteiger partial charge in [-0.3, -0.25) is 10.1 Å². The number of rotatable bonds is 4. The summed E-state index contributed by atoms with van der Waals surface area (Å²) in [5, 5.41) is 13.9. The molecule has 1 aromatic heterocycles. The fraction of sp³-hybridized carbons (Fsp3) is 0.167. The number of benzene rings is 1. The molecule has 2 rings (SSSR count). The van der Waals surface area contributed by atoms with Crippen LogP contribution < -0.4 is 5.32 Å². The SMILES string of the molecule is Cn1cccc1CNc1ccccc1[N+](=O)[O-]. The van der Waals surface area contributed by atoms with Crippen molar-refractivity contribution in [2.45, 2.75) is 6.54 Å². The van der Waals surface area contributed by atoms with Crippen LogP contribution in [0.25, 0.3) is 0 Å². The van der Waals surface area contributed by atoms with Crippen LogP contribution in [-0.2, 0) is 13.6 Å². The first-order chi connectivity index (χ1) is 8.18. The molecule has 1 aromatic carbocycles. The molecule has 0 saturated carbocycles. The van der Waals surface area contributed by atoms with Gasteiger partial charge in [0, 0.05) is 25.0 Å². The summed E-state index contributed by atoms with van der Waals surface area (Å²) in [6.07, 6.45) is 1.94. The first-order valence-corrected chi connectivity index (χ1v) is 5.26. The van der Waals surface area contributed by atoms with Crippen molar-refractivity contribution in [2.75, 3.05) is 5.32 Å². The standard InChI is InChI=1S/C12H13N3O2/c1-14-8-4-5-10(14)9-13-11-6-2-3-7-12(11)15(16)17/h2-8,13H,9H2,1H3. The third-order valence-corrected chi connectivity index (χ3v) is 2.61. The van der Waals surface area contributed by atoms with Gasteiger partial charge >= 0.3 is 0 Å². The summed E-state index contributed by atoms with van der Waals surface area (Å²) >= 11 is 0. The minimum Gasteiger partial charge on any atom is -0.374 e. The van der Waals surface area contributed by atoms with Crippen molar-refractivity contribution in [3.8, 4) is 0 Å². The monoisotopic (exact) mass is 231 g/mol. The van der Waals surface area contributed by atoms with E-state index in [1.807, 2.05) is 29.9 Å². The van der Waals surface area contributed by atoms with Crippen LogP contribution >= 0.6 is 0 Å². The van der Waals surface area contributed by atoms with E-state index in [0.29, 0.717) is 12.2 Å². The van der Waals surface area contributed by atoms with E-state index in [4.69, 9.17) is 0 Å². The molecule has 17 heavy (non-hydrogen) atoms. The molecule has 0 aliphatic carbocycles. The van der Waals surface area contributed by atoms with E-state index in [9.17, 15) is 10.1 Å². The van der Waals surface area contributed by atoms with Crippen molar-refractivity contribution in [2.24, 2.45) is 7.05 Å². The molecule has 0 spiro atoms. The van der Waals surface area contributed by atoms with Gasteiger partial charge in [-0.1, -0.05) is 12.1 Å². The van der Waals surface area contributed by atoms with Crippen molar-refractivity contribution in [1.82, 2.24) is 4.57 Å². The highest BCUT2D eigenvalue weighted by molar-refractivity contribution is 5.61. The van der Waals surface area contributed by atoms with Gasteiger partial charge in [0.15, 0.2) is 0 Å². The lowest BCUT2D eigenvalue weighted by Gasteiger charge is -2.07. The first kappa shape index (κ1) is 11.2. The molecular weight excluding hydrogens is 218 g/mol. The Morgan fingerprint density at radius 3 is 2.71 bits per heavy atom. The molecular formula is C12H13N3O2. The summed E-state index contributed by atoms with van der Waals surface area (Å²) in [4.78, 5) is 10.4. The lowest BCUT2D eigenvalue weighted by molar-refractivity contribution is -0.384. The molecule has 2 aromatic rings. The Bertz CT molecular complexity index is 534. The Balaban J connectivity index is 2.14. The topological polar surface area (TPSA) is 60.1 Å². The quantitative estimate of drug-likeness (QED) is 0.649. The zero-order valence-corrected chi connectivity index (χ0v) is 9.46. The van der Waals surface area contributed by atoms with Gasteiger partial charge < -0.3 is 9.88 Å². The number of nitrogens with zero attached hydrogens (tertiary/aromatic N) is 2. The van der Waals surface area contributed by atoms with E-state index in [1.54, 1.807) is 18.2 Å². The van der Waals surface area contributed by atoms with Gasteiger partial charge in [0.2, 0.25) is 0 Å². The zero-order chi connectivity index (χ0) is 12.3. The molecule has 5 heteroatoms. The number of hydrogen-bond donors (Lipinski definition) is 1. The van der Waals surface area contributed by atoms with Gasteiger partial charge in [-0.25, -0.2) is 0 Å². The van der Waals surface area contributed by atoms with Crippen LogP contribution in [-0.4, -0.2) is 9.49 Å². The second kappa shape index (κ2) is 4.69. The van der Waals surface area contributed by atoms with Crippen molar-refractivity contribution >= 4 is 11.4 Å². The molecule has 0 saturated heterocycles. The van der Waals surface area contributed by atoms with Crippen LogP contribution in [0.15, 0.2) is 42.6 Å². The summed E-state index contributed by atoms with van der Waals surface area (Å²) in [7, 11) is 1.94. The lowest BCUT2D eigenvalue weighted by atomic mass is 10.2. The number of nitro benzene ring substituents is 1. The molecule has 0 fully saturated rings. The van der Waals surface area contributed by atoms with Gasteiger partial charge in [0.05, 0.1) is 11.5 Å². The maximum Gasteiger partial charge on any atom is 0.292 e. The molecule has 0 amide bonds. The van der Waals surface area contributed by atoms with Gasteiger partial charge in [-0.05, 0) is 18.2 Å². The van der Waals surface area contributed by atoms with E-state index in [2.05, 4.69) is 5.32 Å². The number of hydrogen-bond acceptors (Lipinski definition) is 3. The van der Waals surface area contributed by atoms with Gasteiger partial charge in [0.25, 0.3) is 5.69 Å². The van der Waals surface area contributed by atoms with E-state index in [-0.39, 0.29) is 10.6 Å². The maximum atomic E-state index is 10.8. The first-order valence-electron chi connectivity index (χ1n) is 5.26. The second-order valence-corrected chi connectivity index (χ2v) is 3.74. The highest BCUT2D eigenvalue weighted by atomic mass is 16.6. The van der Waals surface area contributed by atoms with Gasteiger partial charge in [0.1, 0.15) is 5.69 Å². The molecule has 0 atom stereocenters. The fourth-order valence-corrected chi connectivity index (χ4v) is 1.65. The summed E-state index contributed by atoms with van der Waals surface area (Å²) in [5.74, 6) is 0. The highest BCUT2D eigenvalue weighted by Gasteiger charge is 2.11.